The van der Waals surface area contributed by atoms with Gasteiger partial charge in [-0.15, -0.1) is 0 Å². The molecule has 0 saturated heterocycles. The summed E-state index contributed by atoms with van der Waals surface area (Å²) in [6.07, 6.45) is 5.56. The van der Waals surface area contributed by atoms with Crippen LogP contribution < -0.4 is 10.8 Å². The standard InChI is InChI=1S/C24H26O4/c1-3-5-6-9-19(17-12-14-18(25)15-13-17)24-21-11-8-7-10-20(21)22(28-24)16-23(26)27-4-2/h7-8,10-16,25H,3-6,9H2,1-2H3/b22-16-,24-19-. The summed E-state index contributed by atoms with van der Waals surface area (Å²) in [5.74, 6) is -0.178. The summed E-state index contributed by atoms with van der Waals surface area (Å²) in [5, 5.41) is 11.5. The van der Waals surface area contributed by atoms with Crippen molar-refractivity contribution >= 4 is 28.4 Å². The summed E-state index contributed by atoms with van der Waals surface area (Å²) < 4.78 is 11.3. The first kappa shape index (κ1) is 19.7. The first-order valence-electron chi connectivity index (χ1n) is 9.82. The number of aromatic hydroxyl groups is 1. The minimum absolute atomic E-state index is 0.234. The van der Waals surface area contributed by atoms with Crippen molar-refractivity contribution in [2.45, 2.75) is 39.5 Å². The average molecular weight is 378 g/mol. The van der Waals surface area contributed by atoms with Gasteiger partial charge < -0.3 is 14.3 Å². The molecule has 0 aliphatic rings. The molecule has 146 valence electrons. The molecule has 0 atom stereocenters. The smallest absolute Gasteiger partial charge is 0.334 e. The first-order chi connectivity index (χ1) is 13.6. The van der Waals surface area contributed by atoms with Gasteiger partial charge in [0.1, 0.15) is 16.6 Å². The summed E-state index contributed by atoms with van der Waals surface area (Å²) in [6.45, 7) is 4.28. The van der Waals surface area contributed by atoms with Gasteiger partial charge in [0.2, 0.25) is 0 Å². The van der Waals surface area contributed by atoms with Gasteiger partial charge in [-0.25, -0.2) is 4.79 Å². The zero-order chi connectivity index (χ0) is 19.9. The number of hydrogen-bond acceptors (Lipinski definition) is 4. The van der Waals surface area contributed by atoms with Crippen molar-refractivity contribution in [1.82, 2.24) is 0 Å². The highest BCUT2D eigenvalue weighted by Crippen LogP contribution is 2.22. The van der Waals surface area contributed by atoms with E-state index in [9.17, 15) is 9.90 Å². The molecule has 0 unspecified atom stereocenters. The number of carbonyl (C=O) groups excluding carboxylic acids is 1. The van der Waals surface area contributed by atoms with Crippen LogP contribution >= 0.6 is 0 Å². The molecule has 3 rings (SSSR count). The van der Waals surface area contributed by atoms with Crippen LogP contribution in [0.25, 0.3) is 22.4 Å². The first-order valence-corrected chi connectivity index (χ1v) is 9.82. The third kappa shape index (κ3) is 4.45. The maximum Gasteiger partial charge on any atom is 0.334 e. The number of furan rings is 1. The Labute approximate surface area is 164 Å². The van der Waals surface area contributed by atoms with E-state index in [1.54, 1.807) is 19.1 Å². The van der Waals surface area contributed by atoms with E-state index in [-0.39, 0.29) is 5.75 Å². The third-order valence-corrected chi connectivity index (χ3v) is 4.70. The van der Waals surface area contributed by atoms with E-state index in [0.717, 1.165) is 53.0 Å². The number of unbranched alkanes of at least 4 members (excludes halogenated alkanes) is 2. The molecule has 4 heteroatoms. The Hall–Kier alpha value is -3.01. The quantitative estimate of drug-likeness (QED) is 0.493. The van der Waals surface area contributed by atoms with Gasteiger partial charge in [0, 0.05) is 16.3 Å². The Kier molecular flexibility index (Phi) is 6.53. The maximum absolute atomic E-state index is 12.0. The highest BCUT2D eigenvalue weighted by molar-refractivity contribution is 6.02. The van der Waals surface area contributed by atoms with Crippen LogP contribution in [-0.2, 0) is 9.53 Å². The van der Waals surface area contributed by atoms with E-state index in [4.69, 9.17) is 9.15 Å². The van der Waals surface area contributed by atoms with Crippen molar-refractivity contribution in [3.63, 3.8) is 0 Å². The Bertz CT molecular complexity index is 1060. The number of benzene rings is 2. The molecule has 3 aromatic rings. The maximum atomic E-state index is 12.0. The molecular formula is C24H26O4. The summed E-state index contributed by atoms with van der Waals surface area (Å²) in [4.78, 5) is 12.0. The molecule has 1 heterocycles. The number of rotatable bonds is 7. The van der Waals surface area contributed by atoms with Crippen LogP contribution in [0.5, 0.6) is 5.75 Å². The fourth-order valence-electron chi connectivity index (χ4n) is 3.34. The lowest BCUT2D eigenvalue weighted by Gasteiger charge is -2.07. The molecular weight excluding hydrogens is 352 g/mol. The zero-order valence-electron chi connectivity index (χ0n) is 16.4. The van der Waals surface area contributed by atoms with E-state index in [1.807, 2.05) is 36.4 Å². The third-order valence-electron chi connectivity index (χ3n) is 4.70. The summed E-state index contributed by atoms with van der Waals surface area (Å²) in [6, 6.07) is 15.0. The number of phenols is 1. The number of fused-ring (bicyclic) bond motifs is 1. The number of esters is 1. The molecule has 0 aliphatic heterocycles. The fourth-order valence-corrected chi connectivity index (χ4v) is 3.34. The van der Waals surface area contributed by atoms with Crippen LogP contribution in [0.4, 0.5) is 0 Å². The predicted molar refractivity (Wildman–Crippen MR) is 111 cm³/mol. The minimum atomic E-state index is -0.411. The second-order valence-corrected chi connectivity index (χ2v) is 6.72. The summed E-state index contributed by atoms with van der Waals surface area (Å²) >= 11 is 0. The lowest BCUT2D eigenvalue weighted by Crippen LogP contribution is -2.09. The molecule has 0 aliphatic carbocycles. The van der Waals surface area contributed by atoms with Crippen molar-refractivity contribution in [2.75, 3.05) is 6.61 Å². The normalized spacial score (nSPS) is 13.0. The number of carbonyl (C=O) groups is 1. The number of ether oxygens (including phenoxy) is 1. The summed E-state index contributed by atoms with van der Waals surface area (Å²) in [7, 11) is 0. The van der Waals surface area contributed by atoms with Gasteiger partial charge in [0.05, 0.1) is 12.7 Å². The zero-order valence-corrected chi connectivity index (χ0v) is 16.4. The largest absolute Gasteiger partial charge is 0.508 e. The Balaban J connectivity index is 2.26. The molecule has 0 saturated carbocycles. The second kappa shape index (κ2) is 9.27. The molecule has 0 fully saturated rings. The molecule has 0 radical (unpaired) electrons. The SMILES string of the molecule is CCCCC/C(c1ccc(O)cc1)=c1/o/c(=C\C(=O)OCC)c2ccccc12. The van der Waals surface area contributed by atoms with Crippen molar-refractivity contribution < 1.29 is 19.1 Å². The van der Waals surface area contributed by atoms with Gasteiger partial charge in [-0.1, -0.05) is 56.2 Å². The lowest BCUT2D eigenvalue weighted by atomic mass is 9.98. The van der Waals surface area contributed by atoms with Crippen LogP contribution in [0.2, 0.25) is 0 Å². The number of phenolic OH excluding ortho intramolecular Hbond substituents is 1. The monoisotopic (exact) mass is 378 g/mol. The molecule has 4 nitrogen and oxygen atoms in total. The highest BCUT2D eigenvalue weighted by Gasteiger charge is 2.11. The lowest BCUT2D eigenvalue weighted by molar-refractivity contribution is -0.135. The van der Waals surface area contributed by atoms with Crippen molar-refractivity contribution in [1.29, 1.82) is 0 Å². The molecule has 0 bridgehead atoms. The number of hydrogen-bond donors (Lipinski definition) is 1. The van der Waals surface area contributed by atoms with E-state index in [0.29, 0.717) is 12.0 Å². The predicted octanol–water partition coefficient (Wildman–Crippen LogP) is 4.26. The highest BCUT2D eigenvalue weighted by atomic mass is 16.5. The topological polar surface area (TPSA) is 59.7 Å². The van der Waals surface area contributed by atoms with E-state index < -0.39 is 5.97 Å². The van der Waals surface area contributed by atoms with Crippen LogP contribution in [-0.4, -0.2) is 17.7 Å². The summed E-state index contributed by atoms with van der Waals surface area (Å²) in [5.41, 5.74) is 3.37. The van der Waals surface area contributed by atoms with Crippen LogP contribution in [0, 0.1) is 0 Å². The Morgan fingerprint density at radius 3 is 2.43 bits per heavy atom. The van der Waals surface area contributed by atoms with Gasteiger partial charge in [-0.2, -0.15) is 0 Å². The molecule has 2 aromatic carbocycles. The fraction of sp³-hybridized carbons (Fsp3) is 0.292. The van der Waals surface area contributed by atoms with Gasteiger partial charge in [0.25, 0.3) is 0 Å². The van der Waals surface area contributed by atoms with Crippen LogP contribution in [0.15, 0.2) is 52.9 Å². The Morgan fingerprint density at radius 1 is 1.04 bits per heavy atom. The molecule has 1 aromatic heterocycles. The molecule has 1 N–H and O–H groups in total. The van der Waals surface area contributed by atoms with Gasteiger partial charge in [-0.3, -0.25) is 0 Å². The minimum Gasteiger partial charge on any atom is -0.508 e. The average Bonchev–Trinajstić information content (AvgIpc) is 3.05. The van der Waals surface area contributed by atoms with Crippen LogP contribution in [0.1, 0.15) is 45.1 Å². The molecule has 28 heavy (non-hydrogen) atoms. The van der Waals surface area contributed by atoms with Crippen molar-refractivity contribution in [2.24, 2.45) is 0 Å². The van der Waals surface area contributed by atoms with Gasteiger partial charge in [-0.05, 0) is 37.5 Å². The van der Waals surface area contributed by atoms with Gasteiger partial charge >= 0.3 is 5.97 Å². The van der Waals surface area contributed by atoms with Gasteiger partial charge in [0.15, 0.2) is 0 Å². The van der Waals surface area contributed by atoms with E-state index in [2.05, 4.69) is 6.92 Å². The van der Waals surface area contributed by atoms with Crippen molar-refractivity contribution in [3.8, 4) is 5.75 Å². The van der Waals surface area contributed by atoms with E-state index >= 15 is 0 Å². The van der Waals surface area contributed by atoms with E-state index in [1.165, 1.54) is 6.08 Å². The van der Waals surface area contributed by atoms with Crippen LogP contribution in [0.3, 0.4) is 0 Å². The Morgan fingerprint density at radius 2 is 1.75 bits per heavy atom. The van der Waals surface area contributed by atoms with Crippen molar-refractivity contribution in [3.05, 3.63) is 64.9 Å². The molecule has 0 spiro atoms. The second-order valence-electron chi connectivity index (χ2n) is 6.72. The molecule has 0 amide bonds.